The van der Waals surface area contributed by atoms with E-state index >= 15 is 0 Å². The van der Waals surface area contributed by atoms with Crippen LogP contribution in [0.1, 0.15) is 55.1 Å². The Balaban J connectivity index is 1.40. The van der Waals surface area contributed by atoms with Crippen molar-refractivity contribution < 1.29 is 23.4 Å². The highest BCUT2D eigenvalue weighted by atomic mass is 19.3. The molecule has 2 heterocycles. The highest BCUT2D eigenvalue weighted by Crippen LogP contribution is 2.28. The molecule has 2 aromatic heterocycles. The molecule has 1 atom stereocenters. The number of halogens is 2. The standard InChI is InChI=1S/C22H25F2N5O3/c1-13(30)12-32-16-8-6-15(7-9-16)27-21(31)14-10-25-22(26-11-14)29-18-5-3-2-4-17(18)19(28-29)20(23)24/h2-5,10-11,13,15-16,20,30H,6-9,12H2,1H3,(H,27,31)/t13-,15?,16?/m1/s1. The molecule has 3 aromatic rings. The number of para-hydroxylation sites is 1. The maximum atomic E-state index is 13.3. The zero-order valence-corrected chi connectivity index (χ0v) is 17.6. The average Bonchev–Trinajstić information content (AvgIpc) is 3.19. The van der Waals surface area contributed by atoms with E-state index in [2.05, 4.69) is 20.4 Å². The lowest BCUT2D eigenvalue weighted by molar-refractivity contribution is -0.0210. The van der Waals surface area contributed by atoms with E-state index in [0.717, 1.165) is 25.7 Å². The molecule has 10 heteroatoms. The van der Waals surface area contributed by atoms with Gasteiger partial charge in [-0.1, -0.05) is 18.2 Å². The SMILES string of the molecule is C[C@@H](O)COC1CCC(NC(=O)c2cnc(-n3nc(C(F)F)c4ccccc43)nc2)CC1. The van der Waals surface area contributed by atoms with Crippen molar-refractivity contribution in [3.63, 3.8) is 0 Å². The zero-order chi connectivity index (χ0) is 22.7. The molecule has 0 bridgehead atoms. The largest absolute Gasteiger partial charge is 0.391 e. The molecule has 8 nitrogen and oxygen atoms in total. The van der Waals surface area contributed by atoms with Crippen LogP contribution in [0.2, 0.25) is 0 Å². The number of aliphatic hydroxyl groups is 1. The number of alkyl halides is 2. The summed E-state index contributed by atoms with van der Waals surface area (Å²) >= 11 is 0. The van der Waals surface area contributed by atoms with Crippen LogP contribution in [-0.2, 0) is 4.74 Å². The third-order valence-corrected chi connectivity index (χ3v) is 5.50. The lowest BCUT2D eigenvalue weighted by Gasteiger charge is -2.29. The molecule has 0 aliphatic heterocycles. The number of aromatic nitrogens is 4. The molecule has 32 heavy (non-hydrogen) atoms. The van der Waals surface area contributed by atoms with E-state index in [1.54, 1.807) is 31.2 Å². The Morgan fingerprint density at radius 3 is 2.56 bits per heavy atom. The summed E-state index contributed by atoms with van der Waals surface area (Å²) in [4.78, 5) is 20.9. The number of aliphatic hydroxyl groups excluding tert-OH is 1. The fraction of sp³-hybridized carbons (Fsp3) is 0.455. The van der Waals surface area contributed by atoms with Crippen LogP contribution in [0.5, 0.6) is 0 Å². The molecule has 1 aliphatic rings. The monoisotopic (exact) mass is 445 g/mol. The number of carbonyl (C=O) groups excluding carboxylic acids is 1. The molecule has 4 rings (SSSR count). The Morgan fingerprint density at radius 2 is 1.91 bits per heavy atom. The van der Waals surface area contributed by atoms with Crippen molar-refractivity contribution in [1.29, 1.82) is 0 Å². The Bertz CT molecular complexity index is 1060. The first kappa shape index (κ1) is 22.2. The summed E-state index contributed by atoms with van der Waals surface area (Å²) in [5.41, 5.74) is 0.417. The van der Waals surface area contributed by atoms with Crippen molar-refractivity contribution in [1.82, 2.24) is 25.1 Å². The second-order valence-electron chi connectivity index (χ2n) is 8.02. The van der Waals surface area contributed by atoms with Crippen molar-refractivity contribution in [2.24, 2.45) is 0 Å². The lowest BCUT2D eigenvalue weighted by atomic mass is 9.92. The molecule has 1 aromatic carbocycles. The van der Waals surface area contributed by atoms with Crippen LogP contribution in [0.3, 0.4) is 0 Å². The lowest BCUT2D eigenvalue weighted by Crippen LogP contribution is -2.39. The fourth-order valence-corrected chi connectivity index (χ4v) is 3.87. The van der Waals surface area contributed by atoms with Gasteiger partial charge in [-0.3, -0.25) is 4.79 Å². The van der Waals surface area contributed by atoms with E-state index < -0.39 is 12.5 Å². The van der Waals surface area contributed by atoms with Crippen molar-refractivity contribution in [2.45, 2.75) is 57.3 Å². The minimum Gasteiger partial charge on any atom is -0.391 e. The predicted molar refractivity (Wildman–Crippen MR) is 113 cm³/mol. The fourth-order valence-electron chi connectivity index (χ4n) is 3.87. The van der Waals surface area contributed by atoms with Gasteiger partial charge in [0.15, 0.2) is 0 Å². The van der Waals surface area contributed by atoms with E-state index in [1.165, 1.54) is 17.1 Å². The molecule has 1 saturated carbocycles. The molecule has 0 radical (unpaired) electrons. The van der Waals surface area contributed by atoms with Gasteiger partial charge in [-0.2, -0.15) is 9.78 Å². The van der Waals surface area contributed by atoms with Gasteiger partial charge >= 0.3 is 0 Å². The number of fused-ring (bicyclic) bond motifs is 1. The molecule has 0 unspecified atom stereocenters. The van der Waals surface area contributed by atoms with Gasteiger partial charge in [0.05, 0.1) is 29.9 Å². The number of benzene rings is 1. The Morgan fingerprint density at radius 1 is 1.22 bits per heavy atom. The number of carbonyl (C=O) groups is 1. The number of hydrogen-bond acceptors (Lipinski definition) is 6. The van der Waals surface area contributed by atoms with Crippen LogP contribution in [0.4, 0.5) is 8.78 Å². The van der Waals surface area contributed by atoms with Gasteiger partial charge in [0.25, 0.3) is 18.3 Å². The van der Waals surface area contributed by atoms with Gasteiger partial charge in [-0.15, -0.1) is 0 Å². The van der Waals surface area contributed by atoms with Crippen LogP contribution in [0.25, 0.3) is 16.9 Å². The molecular formula is C22H25F2N5O3. The molecule has 0 saturated heterocycles. The van der Waals surface area contributed by atoms with E-state index in [0.29, 0.717) is 17.5 Å². The van der Waals surface area contributed by atoms with Crippen LogP contribution in [0.15, 0.2) is 36.7 Å². The van der Waals surface area contributed by atoms with Gasteiger partial charge in [0, 0.05) is 23.8 Å². The van der Waals surface area contributed by atoms with Crippen LogP contribution in [-0.4, -0.2) is 55.6 Å². The van der Waals surface area contributed by atoms with Crippen LogP contribution < -0.4 is 5.32 Å². The van der Waals surface area contributed by atoms with Gasteiger partial charge in [-0.05, 0) is 38.7 Å². The molecule has 1 aliphatic carbocycles. The second kappa shape index (κ2) is 9.66. The third kappa shape index (κ3) is 4.91. The Hall–Kier alpha value is -2.98. The highest BCUT2D eigenvalue weighted by Gasteiger charge is 2.24. The van der Waals surface area contributed by atoms with Gasteiger partial charge < -0.3 is 15.2 Å². The smallest absolute Gasteiger partial charge is 0.282 e. The first-order valence-electron chi connectivity index (χ1n) is 10.6. The van der Waals surface area contributed by atoms with E-state index in [1.807, 2.05) is 0 Å². The molecule has 2 N–H and O–H groups in total. The zero-order valence-electron chi connectivity index (χ0n) is 17.6. The van der Waals surface area contributed by atoms with Crippen molar-refractivity contribution in [3.8, 4) is 5.95 Å². The highest BCUT2D eigenvalue weighted by molar-refractivity contribution is 5.93. The molecular weight excluding hydrogens is 420 g/mol. The average molecular weight is 445 g/mol. The first-order valence-corrected chi connectivity index (χ1v) is 10.6. The molecule has 170 valence electrons. The van der Waals surface area contributed by atoms with Crippen LogP contribution in [0, 0.1) is 0 Å². The summed E-state index contributed by atoms with van der Waals surface area (Å²) in [6.07, 6.45) is 2.81. The Labute approximate surface area is 183 Å². The van der Waals surface area contributed by atoms with Crippen molar-refractivity contribution >= 4 is 16.8 Å². The topological polar surface area (TPSA) is 102 Å². The number of nitrogens with zero attached hydrogens (tertiary/aromatic N) is 4. The van der Waals surface area contributed by atoms with Crippen LogP contribution >= 0.6 is 0 Å². The number of nitrogens with one attached hydrogen (secondary N) is 1. The number of amides is 1. The molecule has 1 amide bonds. The first-order chi connectivity index (χ1) is 15.4. The van der Waals surface area contributed by atoms with E-state index in [-0.39, 0.29) is 35.3 Å². The minimum atomic E-state index is -2.72. The van der Waals surface area contributed by atoms with Gasteiger partial charge in [0.1, 0.15) is 5.69 Å². The van der Waals surface area contributed by atoms with Crippen molar-refractivity contribution in [2.75, 3.05) is 6.61 Å². The van der Waals surface area contributed by atoms with Crippen molar-refractivity contribution in [3.05, 3.63) is 47.9 Å². The minimum absolute atomic E-state index is 0.0252. The maximum Gasteiger partial charge on any atom is 0.282 e. The second-order valence-corrected chi connectivity index (χ2v) is 8.02. The third-order valence-electron chi connectivity index (χ3n) is 5.50. The number of hydrogen-bond donors (Lipinski definition) is 2. The quantitative estimate of drug-likeness (QED) is 0.579. The van der Waals surface area contributed by atoms with Gasteiger partial charge in [-0.25, -0.2) is 18.7 Å². The van der Waals surface area contributed by atoms with E-state index in [9.17, 15) is 18.7 Å². The Kier molecular flexibility index (Phi) is 6.71. The number of ether oxygens (including phenoxy) is 1. The molecule has 0 spiro atoms. The van der Waals surface area contributed by atoms with Gasteiger partial charge in [0.2, 0.25) is 0 Å². The number of rotatable bonds is 7. The normalized spacial score (nSPS) is 19.9. The predicted octanol–water partition coefficient (Wildman–Crippen LogP) is 3.19. The summed E-state index contributed by atoms with van der Waals surface area (Å²) in [5, 5.41) is 16.6. The summed E-state index contributed by atoms with van der Waals surface area (Å²) in [7, 11) is 0. The molecule has 1 fully saturated rings. The summed E-state index contributed by atoms with van der Waals surface area (Å²) < 4.78 is 33.6. The summed E-state index contributed by atoms with van der Waals surface area (Å²) in [6.45, 7) is 2.00. The van der Waals surface area contributed by atoms with E-state index in [4.69, 9.17) is 4.74 Å². The summed E-state index contributed by atoms with van der Waals surface area (Å²) in [6, 6.07) is 6.66. The summed E-state index contributed by atoms with van der Waals surface area (Å²) in [5.74, 6) is -0.177. The maximum absolute atomic E-state index is 13.3.